The monoisotopic (exact) mass is 215 g/mol. The first-order valence-electron chi connectivity index (χ1n) is 4.80. The highest BCUT2D eigenvalue weighted by atomic mass is 16.7. The number of aliphatic hydroxyl groups is 1. The molecule has 0 spiro atoms. The molecule has 2 fully saturated rings. The van der Waals surface area contributed by atoms with Gasteiger partial charge in [0.15, 0.2) is 0 Å². The number of hydrogen-bond donors (Lipinski definition) is 4. The zero-order valence-electron chi connectivity index (χ0n) is 8.03. The highest BCUT2D eigenvalue weighted by Crippen LogP contribution is 2.07. The molecule has 3 atom stereocenters. The fourth-order valence-electron chi connectivity index (χ4n) is 1.64. The molecule has 2 saturated heterocycles. The third-order valence-electron chi connectivity index (χ3n) is 2.48. The first kappa shape index (κ1) is 10.3. The van der Waals surface area contributed by atoms with Gasteiger partial charge in [-0.2, -0.15) is 0 Å². The van der Waals surface area contributed by atoms with Gasteiger partial charge in [0.25, 0.3) is 5.91 Å². The molecule has 2 amide bonds. The fourth-order valence-corrected chi connectivity index (χ4v) is 1.64. The van der Waals surface area contributed by atoms with Gasteiger partial charge in [0.1, 0.15) is 12.6 Å². The van der Waals surface area contributed by atoms with Gasteiger partial charge < -0.3 is 15.7 Å². The zero-order chi connectivity index (χ0) is 10.8. The lowest BCUT2D eigenvalue weighted by atomic mass is 10.2. The maximum absolute atomic E-state index is 11.6. The van der Waals surface area contributed by atoms with Crippen LogP contribution in [0.25, 0.3) is 0 Å². The zero-order valence-corrected chi connectivity index (χ0v) is 8.03. The van der Waals surface area contributed by atoms with Gasteiger partial charge in [0, 0.05) is 6.54 Å². The molecule has 2 aliphatic heterocycles. The van der Waals surface area contributed by atoms with E-state index in [9.17, 15) is 14.7 Å². The van der Waals surface area contributed by atoms with E-state index in [0.717, 1.165) is 0 Å². The number of carbonyl (C=O) groups excluding carboxylic acids is 2. The van der Waals surface area contributed by atoms with Crippen LogP contribution in [0.3, 0.4) is 0 Å². The topological polar surface area (TPSA) is 99.7 Å². The number of β-amino-alcohol motifs (C(OH)–C–C–N with tert-alkyl or cyclic N) is 1. The van der Waals surface area contributed by atoms with E-state index in [1.807, 2.05) is 0 Å². The van der Waals surface area contributed by atoms with Gasteiger partial charge >= 0.3 is 0 Å². The molecule has 15 heavy (non-hydrogen) atoms. The third-order valence-corrected chi connectivity index (χ3v) is 2.48. The molecule has 0 bridgehead atoms. The average Bonchev–Trinajstić information content (AvgIpc) is 2.77. The predicted molar refractivity (Wildman–Crippen MR) is 48.4 cm³/mol. The molecular formula is C8H13N3O4. The molecule has 2 unspecified atom stereocenters. The van der Waals surface area contributed by atoms with Crippen LogP contribution < -0.4 is 16.1 Å². The number of aliphatic hydroxyl groups excluding tert-OH is 1. The highest BCUT2D eigenvalue weighted by molar-refractivity contribution is 5.90. The molecule has 2 heterocycles. The van der Waals surface area contributed by atoms with Gasteiger partial charge in [-0.1, -0.05) is 0 Å². The minimum Gasteiger partial charge on any atom is -0.392 e. The highest BCUT2D eigenvalue weighted by Gasteiger charge is 2.33. The summed E-state index contributed by atoms with van der Waals surface area (Å²) >= 11 is 0. The standard InChI is InChI=1S/C8H13N3O4/c12-4-1-5(9-2-4)7(13)10-6-3-15-11-8(6)14/h4-6,9,12H,1-3H2,(H,10,13)(H,11,14)/t4?,5?,6-/m1/s1. The molecule has 2 rings (SSSR count). The number of nitrogens with one attached hydrogen (secondary N) is 3. The summed E-state index contributed by atoms with van der Waals surface area (Å²) in [5.74, 6) is -0.626. The van der Waals surface area contributed by atoms with Crippen molar-refractivity contribution in [1.82, 2.24) is 16.1 Å². The van der Waals surface area contributed by atoms with E-state index in [-0.39, 0.29) is 18.4 Å². The second kappa shape index (κ2) is 4.13. The van der Waals surface area contributed by atoms with Gasteiger partial charge in [0.2, 0.25) is 5.91 Å². The molecule has 7 heteroatoms. The Morgan fingerprint density at radius 3 is 2.93 bits per heavy atom. The fraction of sp³-hybridized carbons (Fsp3) is 0.750. The first-order valence-corrected chi connectivity index (χ1v) is 4.80. The minimum atomic E-state index is -0.628. The molecule has 4 N–H and O–H groups in total. The molecule has 0 saturated carbocycles. The lowest BCUT2D eigenvalue weighted by molar-refractivity contribution is -0.129. The van der Waals surface area contributed by atoms with E-state index in [1.165, 1.54) is 0 Å². The summed E-state index contributed by atoms with van der Waals surface area (Å²) in [6.07, 6.45) is -0.115. The summed E-state index contributed by atoms with van der Waals surface area (Å²) in [7, 11) is 0. The second-order valence-electron chi connectivity index (χ2n) is 3.69. The van der Waals surface area contributed by atoms with Crippen LogP contribution in [0, 0.1) is 0 Å². The second-order valence-corrected chi connectivity index (χ2v) is 3.69. The molecule has 2 aliphatic rings. The van der Waals surface area contributed by atoms with Crippen molar-refractivity contribution in [1.29, 1.82) is 0 Å². The maximum Gasteiger partial charge on any atom is 0.268 e. The number of rotatable bonds is 2. The SMILES string of the molecule is O=C(N[C@@H]1CONC1=O)C1CC(O)CN1. The van der Waals surface area contributed by atoms with Gasteiger partial charge in [-0.25, -0.2) is 5.48 Å². The molecule has 0 aromatic rings. The summed E-state index contributed by atoms with van der Waals surface area (Å²) in [4.78, 5) is 27.3. The Morgan fingerprint density at radius 2 is 2.40 bits per heavy atom. The lowest BCUT2D eigenvalue weighted by Crippen LogP contribution is -2.48. The van der Waals surface area contributed by atoms with Crippen LogP contribution in [0.15, 0.2) is 0 Å². The number of carbonyl (C=O) groups is 2. The molecule has 0 aromatic carbocycles. The van der Waals surface area contributed by atoms with E-state index in [1.54, 1.807) is 0 Å². The van der Waals surface area contributed by atoms with Crippen molar-refractivity contribution in [3.63, 3.8) is 0 Å². The van der Waals surface area contributed by atoms with Crippen molar-refractivity contribution in [3.8, 4) is 0 Å². The van der Waals surface area contributed by atoms with Gasteiger partial charge in [0.05, 0.1) is 12.1 Å². The Labute approximate surface area is 86.1 Å². The number of hydroxylamine groups is 1. The molecule has 7 nitrogen and oxygen atoms in total. The van der Waals surface area contributed by atoms with Crippen molar-refractivity contribution >= 4 is 11.8 Å². The van der Waals surface area contributed by atoms with Crippen molar-refractivity contribution < 1.29 is 19.5 Å². The quantitative estimate of drug-likeness (QED) is 0.400. The van der Waals surface area contributed by atoms with Crippen LogP contribution >= 0.6 is 0 Å². The first-order chi connectivity index (χ1) is 7.16. The molecule has 84 valence electrons. The number of amides is 2. The summed E-state index contributed by atoms with van der Waals surface area (Å²) in [6.45, 7) is 0.547. The maximum atomic E-state index is 11.6. The molecule has 0 aromatic heterocycles. The van der Waals surface area contributed by atoms with Crippen LogP contribution in [-0.2, 0) is 14.4 Å². The van der Waals surface area contributed by atoms with Crippen molar-refractivity contribution in [2.45, 2.75) is 24.6 Å². The summed E-state index contributed by atoms with van der Waals surface area (Å²) in [5.41, 5.74) is 2.15. The van der Waals surface area contributed by atoms with Crippen LogP contribution in [0.4, 0.5) is 0 Å². The van der Waals surface area contributed by atoms with E-state index >= 15 is 0 Å². The van der Waals surface area contributed by atoms with Crippen molar-refractivity contribution in [3.05, 3.63) is 0 Å². The Kier molecular flexibility index (Phi) is 2.85. The average molecular weight is 215 g/mol. The van der Waals surface area contributed by atoms with Crippen LogP contribution in [0.2, 0.25) is 0 Å². The van der Waals surface area contributed by atoms with Gasteiger partial charge in [-0.05, 0) is 6.42 Å². The molecular weight excluding hydrogens is 202 g/mol. The van der Waals surface area contributed by atoms with Gasteiger partial charge in [-0.3, -0.25) is 14.4 Å². The summed E-state index contributed by atoms with van der Waals surface area (Å²) < 4.78 is 0. The van der Waals surface area contributed by atoms with Crippen LogP contribution in [0.1, 0.15) is 6.42 Å². The van der Waals surface area contributed by atoms with Gasteiger partial charge in [-0.15, -0.1) is 0 Å². The summed E-state index contributed by atoms with van der Waals surface area (Å²) in [5, 5.41) is 14.6. The van der Waals surface area contributed by atoms with Crippen LogP contribution in [-0.4, -0.2) is 48.3 Å². The number of hydrogen-bond acceptors (Lipinski definition) is 5. The third kappa shape index (κ3) is 2.25. The molecule has 0 radical (unpaired) electrons. The van der Waals surface area contributed by atoms with E-state index < -0.39 is 18.2 Å². The Balaban J connectivity index is 1.84. The molecule has 0 aliphatic carbocycles. The normalized spacial score (nSPS) is 35.3. The van der Waals surface area contributed by atoms with E-state index in [0.29, 0.717) is 13.0 Å². The Morgan fingerprint density at radius 1 is 1.60 bits per heavy atom. The van der Waals surface area contributed by atoms with E-state index in [4.69, 9.17) is 0 Å². The predicted octanol–water partition coefficient (Wildman–Crippen LogP) is -2.74. The van der Waals surface area contributed by atoms with Crippen LogP contribution in [0.5, 0.6) is 0 Å². The minimum absolute atomic E-state index is 0.139. The smallest absolute Gasteiger partial charge is 0.268 e. The Hall–Kier alpha value is -1.18. The van der Waals surface area contributed by atoms with Crippen molar-refractivity contribution in [2.75, 3.05) is 13.2 Å². The Bertz CT molecular complexity index is 283. The largest absolute Gasteiger partial charge is 0.392 e. The lowest BCUT2D eigenvalue weighted by Gasteiger charge is -2.13. The van der Waals surface area contributed by atoms with Crippen molar-refractivity contribution in [2.24, 2.45) is 0 Å². The summed E-state index contributed by atoms with van der Waals surface area (Å²) in [6, 6.07) is -1.05. The van der Waals surface area contributed by atoms with E-state index in [2.05, 4.69) is 21.0 Å².